The zero-order valence-electron chi connectivity index (χ0n) is 18.1. The zero-order valence-corrected chi connectivity index (χ0v) is 24.3. The van der Waals surface area contributed by atoms with Gasteiger partial charge in [0.2, 0.25) is 0 Å². The summed E-state index contributed by atoms with van der Waals surface area (Å²) in [4.78, 5) is 12.7. The van der Waals surface area contributed by atoms with Crippen LogP contribution < -0.4 is 13.4 Å². The van der Waals surface area contributed by atoms with Crippen LogP contribution in [-0.4, -0.2) is 59.2 Å². The Morgan fingerprint density at radius 3 is 1.39 bits per heavy atom. The minimum atomic E-state index is -1.87. The molecule has 0 N–H and O–H groups in total. The first kappa shape index (κ1) is 24.5. The third-order valence-corrected chi connectivity index (χ3v) is 16.8. The SMILES string of the molecule is C[Si](C)(C)OC(=O)CCC([Se]c1ccccc1)([Se]c1ccccc1)[Se]c1ccccc1. The molecule has 0 atom stereocenters. The molecule has 0 saturated carbocycles. The number of carbonyl (C=O) groups excluding carboxylic acids is 1. The molecule has 3 aromatic carbocycles. The van der Waals surface area contributed by atoms with Crippen molar-refractivity contribution in [2.45, 2.75) is 34.6 Å². The van der Waals surface area contributed by atoms with Gasteiger partial charge in [0.25, 0.3) is 0 Å². The third-order valence-electron chi connectivity index (χ3n) is 4.11. The Labute approximate surface area is 206 Å². The summed E-state index contributed by atoms with van der Waals surface area (Å²) in [5.74, 6) is -0.0277. The standard InChI is InChI=1S/C25H28O2Se3Si/c1-31(2,3)27-24(26)19-20-25(28-21-13-7-4-8-14-21,29-22-15-9-5-10-16-22)30-23-17-11-6-12-18-23/h4-18H,19-20H2,1-3H3. The van der Waals surface area contributed by atoms with Gasteiger partial charge in [0.05, 0.1) is 0 Å². The first-order chi connectivity index (χ1) is 14.8. The molecule has 3 rings (SSSR count). The maximum absolute atomic E-state index is 12.7. The van der Waals surface area contributed by atoms with Gasteiger partial charge in [-0.25, -0.2) is 0 Å². The van der Waals surface area contributed by atoms with Crippen molar-refractivity contribution >= 4 is 72.5 Å². The molecule has 0 radical (unpaired) electrons. The van der Waals surface area contributed by atoms with Crippen LogP contribution in [0.15, 0.2) is 91.0 Å². The molecule has 0 spiro atoms. The molecule has 0 saturated heterocycles. The second-order valence-corrected chi connectivity index (χ2v) is 25.0. The van der Waals surface area contributed by atoms with Gasteiger partial charge in [0.1, 0.15) is 0 Å². The summed E-state index contributed by atoms with van der Waals surface area (Å²) in [6, 6.07) is 32.5. The van der Waals surface area contributed by atoms with E-state index in [9.17, 15) is 4.79 Å². The van der Waals surface area contributed by atoms with Gasteiger partial charge in [-0.05, 0) is 0 Å². The predicted molar refractivity (Wildman–Crippen MR) is 137 cm³/mol. The molecule has 0 fully saturated rings. The van der Waals surface area contributed by atoms with Crippen molar-refractivity contribution in [1.29, 1.82) is 0 Å². The van der Waals surface area contributed by atoms with Crippen LogP contribution in [0.1, 0.15) is 12.8 Å². The Morgan fingerprint density at radius 1 is 0.710 bits per heavy atom. The van der Waals surface area contributed by atoms with E-state index < -0.39 is 8.32 Å². The minimum absolute atomic E-state index is 0.0277. The maximum atomic E-state index is 12.7. The molecular formula is C25H28O2Se3Si. The fourth-order valence-electron chi connectivity index (χ4n) is 2.87. The summed E-state index contributed by atoms with van der Waals surface area (Å²) >= 11 is 0.790. The van der Waals surface area contributed by atoms with Gasteiger partial charge in [-0.2, -0.15) is 0 Å². The number of benzene rings is 3. The van der Waals surface area contributed by atoms with Crippen LogP contribution in [0, 0.1) is 0 Å². The van der Waals surface area contributed by atoms with E-state index in [0.717, 1.165) is 6.42 Å². The summed E-state index contributed by atoms with van der Waals surface area (Å²) in [5, 5.41) is 0. The Bertz CT molecular complexity index is 843. The molecule has 2 nitrogen and oxygen atoms in total. The van der Waals surface area contributed by atoms with E-state index >= 15 is 0 Å². The van der Waals surface area contributed by atoms with E-state index in [1.165, 1.54) is 13.4 Å². The summed E-state index contributed by atoms with van der Waals surface area (Å²) < 4.78 is 10.1. The van der Waals surface area contributed by atoms with E-state index in [2.05, 4.69) is 111 Å². The molecule has 31 heavy (non-hydrogen) atoms. The van der Waals surface area contributed by atoms with E-state index in [4.69, 9.17) is 4.43 Å². The molecule has 162 valence electrons. The average molecular weight is 625 g/mol. The Balaban J connectivity index is 1.93. The summed E-state index contributed by atoms with van der Waals surface area (Å²) in [7, 11) is -1.87. The normalized spacial score (nSPS) is 11.8. The molecule has 0 heterocycles. The fraction of sp³-hybridized carbons (Fsp3) is 0.240. The van der Waals surface area contributed by atoms with E-state index in [0.29, 0.717) is 6.42 Å². The zero-order chi connectivity index (χ0) is 22.2. The van der Waals surface area contributed by atoms with Crippen LogP contribution in [0.5, 0.6) is 0 Å². The van der Waals surface area contributed by atoms with Crippen molar-refractivity contribution in [2.24, 2.45) is 0 Å². The Hall–Kier alpha value is -1.09. The van der Waals surface area contributed by atoms with Crippen molar-refractivity contribution in [3.05, 3.63) is 91.0 Å². The van der Waals surface area contributed by atoms with Crippen molar-refractivity contribution < 1.29 is 9.22 Å². The molecular weight excluding hydrogens is 597 g/mol. The van der Waals surface area contributed by atoms with Crippen LogP contribution in [0.2, 0.25) is 21.8 Å². The number of hydrogen-bond donors (Lipinski definition) is 0. The quantitative estimate of drug-likeness (QED) is 0.324. The topological polar surface area (TPSA) is 26.3 Å². The van der Waals surface area contributed by atoms with Crippen molar-refractivity contribution in [1.82, 2.24) is 0 Å². The molecule has 0 aliphatic heterocycles. The third kappa shape index (κ3) is 8.75. The van der Waals surface area contributed by atoms with Crippen LogP contribution in [0.25, 0.3) is 0 Å². The van der Waals surface area contributed by atoms with Crippen LogP contribution in [-0.2, 0) is 9.22 Å². The van der Waals surface area contributed by atoms with E-state index in [1.807, 2.05) is 0 Å². The van der Waals surface area contributed by atoms with Crippen molar-refractivity contribution in [3.63, 3.8) is 0 Å². The average Bonchev–Trinajstić information content (AvgIpc) is 2.73. The summed E-state index contributed by atoms with van der Waals surface area (Å²) in [6.45, 7) is 6.23. The molecule has 0 aromatic heterocycles. The van der Waals surface area contributed by atoms with Gasteiger partial charge in [-0.3, -0.25) is 0 Å². The monoisotopic (exact) mass is 628 g/mol. The Kier molecular flexibility index (Phi) is 9.25. The number of carbonyl (C=O) groups is 1. The van der Waals surface area contributed by atoms with Gasteiger partial charge in [0, 0.05) is 0 Å². The van der Waals surface area contributed by atoms with E-state index in [1.54, 1.807) is 0 Å². The first-order valence-corrected chi connectivity index (χ1v) is 18.8. The van der Waals surface area contributed by atoms with Crippen LogP contribution >= 0.6 is 0 Å². The van der Waals surface area contributed by atoms with Crippen LogP contribution in [0.4, 0.5) is 0 Å². The summed E-state index contributed by atoms with van der Waals surface area (Å²) in [6.07, 6.45) is 1.39. The van der Waals surface area contributed by atoms with Gasteiger partial charge < -0.3 is 0 Å². The first-order valence-electron chi connectivity index (χ1n) is 10.3. The van der Waals surface area contributed by atoms with Gasteiger partial charge in [-0.1, -0.05) is 0 Å². The van der Waals surface area contributed by atoms with E-state index in [-0.39, 0.29) is 52.9 Å². The number of rotatable bonds is 10. The molecule has 0 aliphatic carbocycles. The molecule has 0 amide bonds. The van der Waals surface area contributed by atoms with Crippen LogP contribution in [0.3, 0.4) is 0 Å². The summed E-state index contributed by atoms with van der Waals surface area (Å²) in [5.41, 5.74) is 0. The van der Waals surface area contributed by atoms with Gasteiger partial charge in [-0.15, -0.1) is 0 Å². The molecule has 0 unspecified atom stereocenters. The molecule has 3 aromatic rings. The van der Waals surface area contributed by atoms with Crippen molar-refractivity contribution in [2.75, 3.05) is 0 Å². The van der Waals surface area contributed by atoms with Gasteiger partial charge >= 0.3 is 207 Å². The Morgan fingerprint density at radius 2 is 1.06 bits per heavy atom. The molecule has 6 heteroatoms. The van der Waals surface area contributed by atoms with Gasteiger partial charge in [0.15, 0.2) is 0 Å². The molecule has 0 aliphatic rings. The predicted octanol–water partition coefficient (Wildman–Crippen LogP) is 3.31. The fourth-order valence-corrected chi connectivity index (χ4v) is 17.0. The molecule has 0 bridgehead atoms. The second kappa shape index (κ2) is 11.7. The van der Waals surface area contributed by atoms with Crippen molar-refractivity contribution in [3.8, 4) is 0 Å². The number of hydrogen-bond acceptors (Lipinski definition) is 2. The second-order valence-electron chi connectivity index (χ2n) is 8.01.